The van der Waals surface area contributed by atoms with Gasteiger partial charge in [0.2, 0.25) is 5.91 Å². The second-order valence-electron chi connectivity index (χ2n) is 6.38. The molecule has 31 heavy (non-hydrogen) atoms. The summed E-state index contributed by atoms with van der Waals surface area (Å²) in [6.07, 6.45) is 3.83. The first-order valence-corrected chi connectivity index (χ1v) is 10.1. The van der Waals surface area contributed by atoms with Gasteiger partial charge in [0.1, 0.15) is 6.07 Å². The number of hydrogen-bond acceptors (Lipinski definition) is 6. The predicted octanol–water partition coefficient (Wildman–Crippen LogP) is 3.77. The summed E-state index contributed by atoms with van der Waals surface area (Å²) < 4.78 is 21.8. The number of carbonyl (C=O) groups excluding carboxylic acids is 1. The van der Waals surface area contributed by atoms with Crippen LogP contribution in [0.1, 0.15) is 25.0 Å². The molecule has 2 rings (SSSR count). The lowest BCUT2D eigenvalue weighted by Gasteiger charge is -2.12. The third-order valence-corrected chi connectivity index (χ3v) is 4.23. The van der Waals surface area contributed by atoms with Crippen molar-refractivity contribution in [3.8, 4) is 29.1 Å². The van der Waals surface area contributed by atoms with Crippen LogP contribution in [-0.4, -0.2) is 39.4 Å². The van der Waals surface area contributed by atoms with E-state index < -0.39 is 0 Å². The lowest BCUT2D eigenvalue weighted by atomic mass is 10.1. The lowest BCUT2D eigenvalue weighted by molar-refractivity contribution is -0.116. The van der Waals surface area contributed by atoms with E-state index in [2.05, 4.69) is 5.32 Å². The summed E-state index contributed by atoms with van der Waals surface area (Å²) in [6.45, 7) is 5.42. The number of carbonyl (C=O) groups is 1. The second-order valence-corrected chi connectivity index (χ2v) is 6.38. The van der Waals surface area contributed by atoms with E-state index in [1.165, 1.54) is 13.2 Å². The first-order chi connectivity index (χ1) is 15.1. The number of hydrogen-bond donors (Lipinski definition) is 1. The van der Waals surface area contributed by atoms with Crippen molar-refractivity contribution >= 4 is 12.0 Å². The maximum atomic E-state index is 12.1. The predicted molar refractivity (Wildman–Crippen MR) is 119 cm³/mol. The molecule has 0 bridgehead atoms. The van der Waals surface area contributed by atoms with Crippen LogP contribution in [0, 0.1) is 11.3 Å². The second kappa shape index (κ2) is 12.8. The summed E-state index contributed by atoms with van der Waals surface area (Å²) >= 11 is 0. The average molecular weight is 424 g/mol. The molecule has 0 atom stereocenters. The van der Waals surface area contributed by atoms with E-state index in [0.717, 1.165) is 16.9 Å². The Morgan fingerprint density at radius 3 is 2.42 bits per heavy atom. The first-order valence-electron chi connectivity index (χ1n) is 10.1. The third kappa shape index (κ3) is 7.59. The fraction of sp³-hybridized carbons (Fsp3) is 0.333. The molecule has 7 nitrogen and oxygen atoms in total. The molecule has 0 saturated heterocycles. The molecule has 0 saturated carbocycles. The molecule has 7 heteroatoms. The smallest absolute Gasteiger partial charge is 0.244 e. The summed E-state index contributed by atoms with van der Waals surface area (Å²) in [6, 6.07) is 12.9. The summed E-state index contributed by atoms with van der Waals surface area (Å²) in [7, 11) is 1.52. The molecule has 0 aromatic heterocycles. The minimum Gasteiger partial charge on any atom is -0.493 e. The zero-order chi connectivity index (χ0) is 22.5. The van der Waals surface area contributed by atoms with Crippen molar-refractivity contribution in [1.29, 1.82) is 5.26 Å². The van der Waals surface area contributed by atoms with Crippen LogP contribution >= 0.6 is 0 Å². The Hall–Kier alpha value is -3.66. The Morgan fingerprint density at radius 2 is 1.71 bits per heavy atom. The highest BCUT2D eigenvalue weighted by atomic mass is 16.5. The van der Waals surface area contributed by atoms with Crippen LogP contribution < -0.4 is 24.3 Å². The maximum Gasteiger partial charge on any atom is 0.244 e. The van der Waals surface area contributed by atoms with E-state index >= 15 is 0 Å². The normalized spacial score (nSPS) is 10.4. The first kappa shape index (κ1) is 23.6. The zero-order valence-corrected chi connectivity index (χ0v) is 18.1. The van der Waals surface area contributed by atoms with Crippen molar-refractivity contribution < 1.29 is 23.7 Å². The Balaban J connectivity index is 1.90. The van der Waals surface area contributed by atoms with Crippen molar-refractivity contribution in [3.63, 3.8) is 0 Å². The van der Waals surface area contributed by atoms with E-state index in [4.69, 9.17) is 24.2 Å². The third-order valence-electron chi connectivity index (χ3n) is 4.23. The molecule has 0 aliphatic rings. The van der Waals surface area contributed by atoms with Gasteiger partial charge < -0.3 is 24.3 Å². The van der Waals surface area contributed by atoms with Crippen LogP contribution in [0.4, 0.5) is 0 Å². The van der Waals surface area contributed by atoms with Crippen molar-refractivity contribution in [3.05, 3.63) is 53.6 Å². The highest BCUT2D eigenvalue weighted by molar-refractivity contribution is 5.91. The summed E-state index contributed by atoms with van der Waals surface area (Å²) in [5.41, 5.74) is 1.83. The van der Waals surface area contributed by atoms with Crippen LogP contribution in [0.15, 0.2) is 42.5 Å². The van der Waals surface area contributed by atoms with Crippen LogP contribution in [-0.2, 0) is 11.2 Å². The maximum absolute atomic E-state index is 12.1. The molecule has 0 heterocycles. The zero-order valence-electron chi connectivity index (χ0n) is 18.1. The van der Waals surface area contributed by atoms with E-state index in [1.54, 1.807) is 24.3 Å². The van der Waals surface area contributed by atoms with Crippen molar-refractivity contribution in [2.45, 2.75) is 20.3 Å². The van der Waals surface area contributed by atoms with Gasteiger partial charge in [0.15, 0.2) is 29.6 Å². The Morgan fingerprint density at radius 1 is 1.00 bits per heavy atom. The topological polar surface area (TPSA) is 89.8 Å². The summed E-state index contributed by atoms with van der Waals surface area (Å²) in [5.74, 6) is 2.22. The largest absolute Gasteiger partial charge is 0.493 e. The number of amides is 1. The molecular formula is C24H28N2O5. The average Bonchev–Trinajstić information content (AvgIpc) is 2.78. The number of benzene rings is 2. The van der Waals surface area contributed by atoms with Crippen LogP contribution in [0.2, 0.25) is 0 Å². The van der Waals surface area contributed by atoms with E-state index in [9.17, 15) is 4.79 Å². The SMILES string of the molecule is CCOc1ccc(CCNC(=O)/C=C/c2ccc(OCC#N)c(OC)c2)cc1OCC. The number of nitriles is 1. The van der Waals surface area contributed by atoms with Crippen LogP contribution in [0.5, 0.6) is 23.0 Å². The molecule has 0 spiro atoms. The molecule has 0 aliphatic carbocycles. The van der Waals surface area contributed by atoms with E-state index in [-0.39, 0.29) is 12.5 Å². The van der Waals surface area contributed by atoms with Crippen LogP contribution in [0.3, 0.4) is 0 Å². The summed E-state index contributed by atoms with van der Waals surface area (Å²) in [4.78, 5) is 12.1. The van der Waals surface area contributed by atoms with Crippen molar-refractivity contribution in [2.24, 2.45) is 0 Å². The Kier molecular flexibility index (Phi) is 9.76. The standard InChI is InChI=1S/C24H28N2O5/c1-4-29-21-10-7-19(17-23(21)30-5-2)12-14-26-24(27)11-8-18-6-9-20(31-15-13-25)22(16-18)28-3/h6-11,16-17H,4-5,12,14-15H2,1-3H3,(H,26,27)/b11-8+. The number of nitrogens with zero attached hydrogens (tertiary/aromatic N) is 1. The molecule has 0 aliphatic heterocycles. The molecule has 2 aromatic carbocycles. The molecule has 2 aromatic rings. The number of methoxy groups -OCH3 is 1. The van der Waals surface area contributed by atoms with E-state index in [1.807, 2.05) is 38.1 Å². The van der Waals surface area contributed by atoms with Gasteiger partial charge in [-0.15, -0.1) is 0 Å². The Bertz CT molecular complexity index is 934. The minimum absolute atomic E-state index is 0.0611. The molecule has 164 valence electrons. The fourth-order valence-corrected chi connectivity index (χ4v) is 2.83. The van der Waals surface area contributed by atoms with Gasteiger partial charge in [-0.25, -0.2) is 0 Å². The molecular weight excluding hydrogens is 396 g/mol. The number of rotatable bonds is 12. The van der Waals surface area contributed by atoms with E-state index in [0.29, 0.717) is 43.4 Å². The van der Waals surface area contributed by atoms with Crippen molar-refractivity contribution in [1.82, 2.24) is 5.32 Å². The van der Waals surface area contributed by atoms with Gasteiger partial charge in [-0.1, -0.05) is 12.1 Å². The highest BCUT2D eigenvalue weighted by Gasteiger charge is 2.07. The Labute approximate surface area is 183 Å². The monoisotopic (exact) mass is 424 g/mol. The molecule has 0 radical (unpaired) electrons. The highest BCUT2D eigenvalue weighted by Crippen LogP contribution is 2.29. The molecule has 0 unspecified atom stereocenters. The van der Waals surface area contributed by atoms with Crippen molar-refractivity contribution in [2.75, 3.05) is 33.5 Å². The van der Waals surface area contributed by atoms with Gasteiger partial charge in [-0.2, -0.15) is 5.26 Å². The van der Waals surface area contributed by atoms with Gasteiger partial charge in [0.05, 0.1) is 20.3 Å². The lowest BCUT2D eigenvalue weighted by Crippen LogP contribution is -2.23. The molecule has 1 N–H and O–H groups in total. The van der Waals surface area contributed by atoms with Gasteiger partial charge >= 0.3 is 0 Å². The molecule has 0 fully saturated rings. The van der Waals surface area contributed by atoms with Gasteiger partial charge in [0, 0.05) is 12.6 Å². The fourth-order valence-electron chi connectivity index (χ4n) is 2.83. The number of nitrogens with one attached hydrogen (secondary N) is 1. The molecule has 1 amide bonds. The number of ether oxygens (including phenoxy) is 4. The van der Waals surface area contributed by atoms with Gasteiger partial charge in [0.25, 0.3) is 0 Å². The van der Waals surface area contributed by atoms with Crippen LogP contribution in [0.25, 0.3) is 6.08 Å². The minimum atomic E-state index is -0.195. The quantitative estimate of drug-likeness (QED) is 0.522. The van der Waals surface area contributed by atoms with Gasteiger partial charge in [-0.3, -0.25) is 4.79 Å². The van der Waals surface area contributed by atoms with Gasteiger partial charge in [-0.05, 0) is 61.7 Å². The summed E-state index contributed by atoms with van der Waals surface area (Å²) in [5, 5.41) is 11.5.